The molecule has 0 N–H and O–H groups in total. The molecule has 1 atom stereocenters. The Kier molecular flexibility index (Phi) is 4.45. The van der Waals surface area contributed by atoms with Gasteiger partial charge >= 0.3 is 0 Å². The maximum Gasteiger partial charge on any atom is 0.223 e. The van der Waals surface area contributed by atoms with Crippen molar-refractivity contribution in [3.8, 4) is 0 Å². The van der Waals surface area contributed by atoms with Crippen LogP contribution in [0.25, 0.3) is 0 Å². The van der Waals surface area contributed by atoms with Crippen LogP contribution >= 0.6 is 11.6 Å². The van der Waals surface area contributed by atoms with Crippen LogP contribution in [-0.4, -0.2) is 30.1 Å². The van der Waals surface area contributed by atoms with E-state index in [9.17, 15) is 9.18 Å². The number of nitrogens with zero attached hydrogens (tertiary/aromatic N) is 1. The number of amides is 1. The largest absolute Gasteiger partial charge is 0.381 e. The molecule has 3 nitrogen and oxygen atoms in total. The van der Waals surface area contributed by atoms with Crippen molar-refractivity contribution in [2.45, 2.75) is 38.3 Å². The molecule has 114 valence electrons. The molecule has 0 aromatic heterocycles. The zero-order valence-electron chi connectivity index (χ0n) is 11.9. The first kappa shape index (κ1) is 14.8. The zero-order chi connectivity index (χ0) is 14.8. The molecular formula is C16H19ClFNO2. The number of carbonyl (C=O) groups excluding carboxylic acids is 1. The molecule has 3 rings (SSSR count). The van der Waals surface area contributed by atoms with Crippen LogP contribution in [0.5, 0.6) is 0 Å². The summed E-state index contributed by atoms with van der Waals surface area (Å²) < 4.78 is 19.2. The van der Waals surface area contributed by atoms with E-state index >= 15 is 0 Å². The van der Waals surface area contributed by atoms with E-state index in [0.29, 0.717) is 29.5 Å². The lowest BCUT2D eigenvalue weighted by Gasteiger charge is -2.24. The first-order valence-electron chi connectivity index (χ1n) is 7.45. The maximum atomic E-state index is 13.9. The number of halogens is 2. The predicted molar refractivity (Wildman–Crippen MR) is 78.5 cm³/mol. The standard InChI is InChI=1S/C16H19ClFNO2/c17-14-2-1-3-15(18)13(14)9-19(12-4-5-12)16(20)8-11-6-7-21-10-11/h1-3,11-12H,4-10H2/t11-/m1/s1. The molecule has 2 fully saturated rings. The highest BCUT2D eigenvalue weighted by molar-refractivity contribution is 6.31. The molecule has 0 unspecified atom stereocenters. The summed E-state index contributed by atoms with van der Waals surface area (Å²) in [7, 11) is 0. The van der Waals surface area contributed by atoms with Crippen LogP contribution in [0.2, 0.25) is 5.02 Å². The minimum absolute atomic E-state index is 0.0901. The second-order valence-corrected chi connectivity index (χ2v) is 6.29. The highest BCUT2D eigenvalue weighted by atomic mass is 35.5. The lowest BCUT2D eigenvalue weighted by Crippen LogP contribution is -2.34. The second kappa shape index (κ2) is 6.32. The van der Waals surface area contributed by atoms with Gasteiger partial charge < -0.3 is 9.64 Å². The van der Waals surface area contributed by atoms with Crippen molar-refractivity contribution in [1.82, 2.24) is 4.90 Å². The Labute approximate surface area is 129 Å². The molecule has 1 amide bonds. The Hall–Kier alpha value is -1.13. The van der Waals surface area contributed by atoms with Gasteiger partial charge in [0.25, 0.3) is 0 Å². The number of ether oxygens (including phenoxy) is 1. The van der Waals surface area contributed by atoms with E-state index in [0.717, 1.165) is 25.9 Å². The molecule has 1 saturated carbocycles. The number of carbonyl (C=O) groups is 1. The van der Waals surface area contributed by atoms with E-state index in [1.54, 1.807) is 17.0 Å². The van der Waals surface area contributed by atoms with E-state index in [-0.39, 0.29) is 24.3 Å². The SMILES string of the molecule is O=C(C[C@H]1CCOC1)N(Cc1c(F)cccc1Cl)C1CC1. The van der Waals surface area contributed by atoms with Gasteiger partial charge in [-0.3, -0.25) is 4.79 Å². The van der Waals surface area contributed by atoms with Crippen molar-refractivity contribution in [2.24, 2.45) is 5.92 Å². The van der Waals surface area contributed by atoms with Crippen molar-refractivity contribution in [1.29, 1.82) is 0 Å². The van der Waals surface area contributed by atoms with E-state index in [1.165, 1.54) is 6.07 Å². The third kappa shape index (κ3) is 3.55. The predicted octanol–water partition coefficient (Wildman–Crippen LogP) is 3.40. The topological polar surface area (TPSA) is 29.5 Å². The Morgan fingerprint density at radius 1 is 1.38 bits per heavy atom. The molecule has 1 aromatic rings. The molecule has 21 heavy (non-hydrogen) atoms. The van der Waals surface area contributed by atoms with Crippen LogP contribution in [-0.2, 0) is 16.1 Å². The Balaban J connectivity index is 1.71. The fraction of sp³-hybridized carbons (Fsp3) is 0.562. The van der Waals surface area contributed by atoms with Crippen LogP contribution in [0.4, 0.5) is 4.39 Å². The third-order valence-corrected chi connectivity index (χ3v) is 4.54. The fourth-order valence-electron chi connectivity index (χ4n) is 2.77. The van der Waals surface area contributed by atoms with Crippen molar-refractivity contribution < 1.29 is 13.9 Å². The number of hydrogen-bond donors (Lipinski definition) is 0. The van der Waals surface area contributed by atoms with Crippen LogP contribution in [0.15, 0.2) is 18.2 Å². The highest BCUT2D eigenvalue weighted by Crippen LogP contribution is 2.32. The Morgan fingerprint density at radius 2 is 2.19 bits per heavy atom. The quantitative estimate of drug-likeness (QED) is 0.834. The molecular weight excluding hydrogens is 293 g/mol. The van der Waals surface area contributed by atoms with Gasteiger partial charge in [-0.1, -0.05) is 17.7 Å². The summed E-state index contributed by atoms with van der Waals surface area (Å²) in [5.41, 5.74) is 0.419. The minimum atomic E-state index is -0.342. The van der Waals surface area contributed by atoms with Gasteiger partial charge in [0.15, 0.2) is 0 Å². The van der Waals surface area contributed by atoms with Crippen molar-refractivity contribution in [3.63, 3.8) is 0 Å². The monoisotopic (exact) mass is 311 g/mol. The van der Waals surface area contributed by atoms with Crippen LogP contribution < -0.4 is 0 Å². The molecule has 1 aliphatic heterocycles. The van der Waals surface area contributed by atoms with E-state index in [4.69, 9.17) is 16.3 Å². The van der Waals surface area contributed by atoms with E-state index < -0.39 is 0 Å². The van der Waals surface area contributed by atoms with Gasteiger partial charge in [0.2, 0.25) is 5.91 Å². The third-order valence-electron chi connectivity index (χ3n) is 4.19. The van der Waals surface area contributed by atoms with Crippen molar-refractivity contribution in [3.05, 3.63) is 34.6 Å². The van der Waals surface area contributed by atoms with Crippen molar-refractivity contribution >= 4 is 17.5 Å². The number of rotatable bonds is 5. The van der Waals surface area contributed by atoms with E-state index in [1.807, 2.05) is 0 Å². The van der Waals surface area contributed by atoms with Gasteiger partial charge in [0, 0.05) is 36.3 Å². The van der Waals surface area contributed by atoms with Crippen molar-refractivity contribution in [2.75, 3.05) is 13.2 Å². The molecule has 0 radical (unpaired) electrons. The second-order valence-electron chi connectivity index (χ2n) is 5.89. The maximum absolute atomic E-state index is 13.9. The molecule has 2 aliphatic rings. The van der Waals surface area contributed by atoms with Gasteiger partial charge in [-0.05, 0) is 37.3 Å². The van der Waals surface area contributed by atoms with Gasteiger partial charge in [-0.15, -0.1) is 0 Å². The summed E-state index contributed by atoms with van der Waals surface area (Å²) in [6.07, 6.45) is 3.42. The lowest BCUT2D eigenvalue weighted by molar-refractivity contribution is -0.133. The zero-order valence-corrected chi connectivity index (χ0v) is 12.6. The minimum Gasteiger partial charge on any atom is -0.381 e. The molecule has 1 saturated heterocycles. The van der Waals surface area contributed by atoms with Gasteiger partial charge in [0.05, 0.1) is 6.54 Å². The van der Waals surface area contributed by atoms with Gasteiger partial charge in [0.1, 0.15) is 5.82 Å². The van der Waals surface area contributed by atoms with Crippen LogP contribution in [0.3, 0.4) is 0 Å². The van der Waals surface area contributed by atoms with Crippen LogP contribution in [0.1, 0.15) is 31.2 Å². The normalized spacial score (nSPS) is 21.5. The molecule has 1 aromatic carbocycles. The number of hydrogen-bond acceptors (Lipinski definition) is 2. The van der Waals surface area contributed by atoms with E-state index in [2.05, 4.69) is 0 Å². The number of benzene rings is 1. The molecule has 5 heteroatoms. The summed E-state index contributed by atoms with van der Waals surface area (Å²) in [4.78, 5) is 14.3. The van der Waals surface area contributed by atoms with Gasteiger partial charge in [-0.25, -0.2) is 4.39 Å². The molecule has 1 aliphatic carbocycles. The first-order valence-corrected chi connectivity index (χ1v) is 7.83. The van der Waals surface area contributed by atoms with Gasteiger partial charge in [-0.2, -0.15) is 0 Å². The summed E-state index contributed by atoms with van der Waals surface area (Å²) in [5.74, 6) is 0.0484. The highest BCUT2D eigenvalue weighted by Gasteiger charge is 2.34. The Bertz CT molecular complexity index is 507. The summed E-state index contributed by atoms with van der Waals surface area (Å²) in [6.45, 7) is 1.66. The first-order chi connectivity index (χ1) is 10.1. The van der Waals surface area contributed by atoms with Crippen LogP contribution in [0, 0.1) is 11.7 Å². The average molecular weight is 312 g/mol. The molecule has 1 heterocycles. The smallest absolute Gasteiger partial charge is 0.223 e. The molecule has 0 bridgehead atoms. The Morgan fingerprint density at radius 3 is 2.81 bits per heavy atom. The fourth-order valence-corrected chi connectivity index (χ4v) is 2.99. The molecule has 0 spiro atoms. The average Bonchev–Trinajstić information content (AvgIpc) is 3.16. The summed E-state index contributed by atoms with van der Waals surface area (Å²) in [6, 6.07) is 4.89. The summed E-state index contributed by atoms with van der Waals surface area (Å²) in [5, 5.41) is 0.387. The lowest BCUT2D eigenvalue weighted by atomic mass is 10.0. The summed E-state index contributed by atoms with van der Waals surface area (Å²) >= 11 is 6.08.